The minimum absolute atomic E-state index is 0.237. The van der Waals surface area contributed by atoms with E-state index in [4.69, 9.17) is 14.2 Å². The molecule has 1 N–H and O–H groups in total. The van der Waals surface area contributed by atoms with E-state index in [0.29, 0.717) is 40.6 Å². The summed E-state index contributed by atoms with van der Waals surface area (Å²) in [5, 5.41) is 3.18. The van der Waals surface area contributed by atoms with E-state index in [9.17, 15) is 14.4 Å². The summed E-state index contributed by atoms with van der Waals surface area (Å²) in [6.45, 7) is 4.08. The molecule has 3 aromatic rings. The summed E-state index contributed by atoms with van der Waals surface area (Å²) in [5.74, 6) is -0.343. The molecule has 1 heterocycles. The fraction of sp³-hybridized carbons (Fsp3) is 0.207. The SMILES string of the molecule is CCOC(=O)c1ccc(NC2=CC(c3ccc(OC)cc3)N(c3ccc(C(=O)OCC)cc3)C2=O)cc1. The van der Waals surface area contributed by atoms with E-state index < -0.39 is 18.0 Å². The number of hydrogen-bond donors (Lipinski definition) is 1. The predicted molar refractivity (Wildman–Crippen MR) is 140 cm³/mol. The molecule has 37 heavy (non-hydrogen) atoms. The van der Waals surface area contributed by atoms with E-state index in [0.717, 1.165) is 5.56 Å². The number of ether oxygens (including phenoxy) is 3. The summed E-state index contributed by atoms with van der Waals surface area (Å²) >= 11 is 0. The zero-order valence-corrected chi connectivity index (χ0v) is 20.9. The highest BCUT2D eigenvalue weighted by atomic mass is 16.5. The van der Waals surface area contributed by atoms with Crippen molar-refractivity contribution in [3.05, 3.63) is 101 Å². The molecule has 3 aromatic carbocycles. The van der Waals surface area contributed by atoms with Gasteiger partial charge in [-0.25, -0.2) is 9.59 Å². The van der Waals surface area contributed by atoms with Crippen LogP contribution in [0.3, 0.4) is 0 Å². The third kappa shape index (κ3) is 5.64. The van der Waals surface area contributed by atoms with Crippen molar-refractivity contribution in [2.75, 3.05) is 30.5 Å². The lowest BCUT2D eigenvalue weighted by molar-refractivity contribution is -0.114. The van der Waals surface area contributed by atoms with Crippen molar-refractivity contribution in [3.8, 4) is 5.75 Å². The van der Waals surface area contributed by atoms with E-state index >= 15 is 0 Å². The van der Waals surface area contributed by atoms with E-state index in [-0.39, 0.29) is 12.5 Å². The minimum Gasteiger partial charge on any atom is -0.497 e. The minimum atomic E-state index is -0.416. The van der Waals surface area contributed by atoms with Crippen LogP contribution in [0, 0.1) is 0 Å². The highest BCUT2D eigenvalue weighted by molar-refractivity contribution is 6.11. The Bertz CT molecular complexity index is 1300. The molecule has 0 fully saturated rings. The Morgan fingerprint density at radius 2 is 1.35 bits per heavy atom. The summed E-state index contributed by atoms with van der Waals surface area (Å²) in [6, 6.07) is 20.6. The third-order valence-electron chi connectivity index (χ3n) is 5.84. The van der Waals surface area contributed by atoms with Crippen LogP contribution in [0.25, 0.3) is 0 Å². The highest BCUT2D eigenvalue weighted by Gasteiger charge is 2.35. The second kappa shape index (κ2) is 11.4. The summed E-state index contributed by atoms with van der Waals surface area (Å²) in [4.78, 5) is 39.3. The number of rotatable bonds is 9. The molecule has 0 spiro atoms. The molecule has 1 atom stereocenters. The summed E-state index contributed by atoms with van der Waals surface area (Å²) in [7, 11) is 1.60. The Morgan fingerprint density at radius 1 is 0.811 bits per heavy atom. The van der Waals surface area contributed by atoms with E-state index in [1.165, 1.54) is 0 Å². The number of hydrogen-bond acceptors (Lipinski definition) is 7. The molecule has 0 saturated heterocycles. The quantitative estimate of drug-likeness (QED) is 0.407. The Kier molecular flexibility index (Phi) is 7.88. The van der Waals surface area contributed by atoms with Crippen molar-refractivity contribution in [1.82, 2.24) is 0 Å². The van der Waals surface area contributed by atoms with Crippen LogP contribution in [0.4, 0.5) is 11.4 Å². The summed E-state index contributed by atoms with van der Waals surface area (Å²) < 4.78 is 15.4. The van der Waals surface area contributed by atoms with E-state index in [1.54, 1.807) is 74.4 Å². The van der Waals surface area contributed by atoms with Crippen LogP contribution < -0.4 is 15.0 Å². The molecule has 1 unspecified atom stereocenters. The zero-order valence-electron chi connectivity index (χ0n) is 20.9. The second-order valence-corrected chi connectivity index (χ2v) is 8.16. The maximum atomic E-state index is 13.6. The Labute approximate surface area is 215 Å². The van der Waals surface area contributed by atoms with Crippen molar-refractivity contribution >= 4 is 29.2 Å². The average Bonchev–Trinajstić information content (AvgIpc) is 3.25. The smallest absolute Gasteiger partial charge is 0.338 e. The van der Waals surface area contributed by atoms with Crippen LogP contribution in [0.2, 0.25) is 0 Å². The maximum absolute atomic E-state index is 13.6. The Morgan fingerprint density at radius 3 is 1.86 bits per heavy atom. The van der Waals surface area contributed by atoms with Crippen molar-refractivity contribution in [2.24, 2.45) is 0 Å². The van der Waals surface area contributed by atoms with Gasteiger partial charge in [-0.15, -0.1) is 0 Å². The standard InChI is InChI=1S/C29H28N2O6/c1-4-36-28(33)20-6-12-22(13-7-20)30-25-18-26(19-10-16-24(35-3)17-11-19)31(27(25)32)23-14-8-21(9-15-23)29(34)37-5-2/h6-18,26,30H,4-5H2,1-3H3. The van der Waals surface area contributed by atoms with Gasteiger partial charge in [0.25, 0.3) is 5.91 Å². The molecular formula is C29H28N2O6. The predicted octanol–water partition coefficient (Wildman–Crippen LogP) is 5.13. The Balaban J connectivity index is 1.63. The fourth-order valence-corrected chi connectivity index (χ4v) is 4.01. The molecule has 1 aliphatic heterocycles. The molecule has 0 saturated carbocycles. The molecule has 4 rings (SSSR count). The first-order valence-electron chi connectivity index (χ1n) is 12.0. The molecule has 0 aromatic heterocycles. The first-order chi connectivity index (χ1) is 17.9. The van der Waals surface area contributed by atoms with Gasteiger partial charge in [-0.05, 0) is 86.2 Å². The van der Waals surface area contributed by atoms with Gasteiger partial charge < -0.3 is 19.5 Å². The summed E-state index contributed by atoms with van der Waals surface area (Å²) in [5.41, 5.74) is 3.40. The van der Waals surface area contributed by atoms with Crippen LogP contribution in [0.1, 0.15) is 46.2 Å². The zero-order chi connectivity index (χ0) is 26.4. The normalized spacial score (nSPS) is 14.7. The number of carbonyl (C=O) groups is 3. The number of methoxy groups -OCH3 is 1. The topological polar surface area (TPSA) is 94.2 Å². The van der Waals surface area contributed by atoms with Crippen molar-refractivity contribution in [1.29, 1.82) is 0 Å². The second-order valence-electron chi connectivity index (χ2n) is 8.16. The molecule has 1 aliphatic rings. The summed E-state index contributed by atoms with van der Waals surface area (Å²) in [6.07, 6.45) is 1.85. The molecular weight excluding hydrogens is 472 g/mol. The lowest BCUT2D eigenvalue weighted by Crippen LogP contribution is -2.30. The first kappa shape index (κ1) is 25.5. The number of benzene rings is 3. The van der Waals surface area contributed by atoms with Crippen LogP contribution >= 0.6 is 0 Å². The van der Waals surface area contributed by atoms with Crippen LogP contribution in [-0.4, -0.2) is 38.2 Å². The molecule has 8 heteroatoms. The fourth-order valence-electron chi connectivity index (χ4n) is 4.01. The van der Waals surface area contributed by atoms with Crippen molar-refractivity contribution in [3.63, 3.8) is 0 Å². The van der Waals surface area contributed by atoms with Crippen LogP contribution in [0.15, 0.2) is 84.6 Å². The maximum Gasteiger partial charge on any atom is 0.338 e. The number of nitrogens with one attached hydrogen (secondary N) is 1. The molecule has 0 radical (unpaired) electrons. The van der Waals surface area contributed by atoms with Gasteiger partial charge in [0.1, 0.15) is 11.4 Å². The first-order valence-corrected chi connectivity index (χ1v) is 12.0. The lowest BCUT2D eigenvalue weighted by Gasteiger charge is -2.25. The number of anilines is 2. The number of amides is 1. The van der Waals surface area contributed by atoms with E-state index in [2.05, 4.69) is 5.32 Å². The number of esters is 2. The van der Waals surface area contributed by atoms with Gasteiger partial charge in [0.2, 0.25) is 0 Å². The van der Waals surface area contributed by atoms with Crippen molar-refractivity contribution in [2.45, 2.75) is 19.9 Å². The molecule has 0 aliphatic carbocycles. The highest BCUT2D eigenvalue weighted by Crippen LogP contribution is 2.37. The van der Waals surface area contributed by atoms with Gasteiger partial charge >= 0.3 is 11.9 Å². The van der Waals surface area contributed by atoms with Gasteiger partial charge in [-0.3, -0.25) is 9.69 Å². The van der Waals surface area contributed by atoms with Crippen LogP contribution in [-0.2, 0) is 14.3 Å². The Hall–Kier alpha value is -4.59. The molecule has 190 valence electrons. The lowest BCUT2D eigenvalue weighted by atomic mass is 10.1. The number of nitrogens with zero attached hydrogens (tertiary/aromatic N) is 1. The van der Waals surface area contributed by atoms with Gasteiger partial charge in [0.15, 0.2) is 0 Å². The molecule has 0 bridgehead atoms. The monoisotopic (exact) mass is 500 g/mol. The van der Waals surface area contributed by atoms with Gasteiger partial charge in [-0.2, -0.15) is 0 Å². The van der Waals surface area contributed by atoms with Crippen molar-refractivity contribution < 1.29 is 28.6 Å². The van der Waals surface area contributed by atoms with Crippen LogP contribution in [0.5, 0.6) is 5.75 Å². The third-order valence-corrected chi connectivity index (χ3v) is 5.84. The largest absolute Gasteiger partial charge is 0.497 e. The molecule has 1 amide bonds. The number of carbonyl (C=O) groups excluding carboxylic acids is 3. The van der Waals surface area contributed by atoms with Gasteiger partial charge in [0, 0.05) is 11.4 Å². The van der Waals surface area contributed by atoms with Gasteiger partial charge in [0.05, 0.1) is 37.5 Å². The molecule has 8 nitrogen and oxygen atoms in total. The van der Waals surface area contributed by atoms with E-state index in [1.807, 2.05) is 30.3 Å². The van der Waals surface area contributed by atoms with Gasteiger partial charge in [-0.1, -0.05) is 12.1 Å². The average molecular weight is 501 g/mol.